The number of hydrogen-bond donors (Lipinski definition) is 2. The predicted octanol–water partition coefficient (Wildman–Crippen LogP) is 1.97. The molecule has 1 aliphatic rings. The molecule has 6 heteroatoms. The van der Waals surface area contributed by atoms with Gasteiger partial charge in [0.25, 0.3) is 0 Å². The first-order chi connectivity index (χ1) is 10.7. The molecular formula is C16H21N5O. The highest BCUT2D eigenvalue weighted by atomic mass is 16.2. The van der Waals surface area contributed by atoms with Crippen LogP contribution in [0.25, 0.3) is 10.9 Å². The molecule has 0 spiro atoms. The fourth-order valence-electron chi connectivity index (χ4n) is 3.16. The second kappa shape index (κ2) is 6.17. The fourth-order valence-corrected chi connectivity index (χ4v) is 3.16. The maximum absolute atomic E-state index is 11.0. The van der Waals surface area contributed by atoms with Gasteiger partial charge in [-0.2, -0.15) is 0 Å². The standard InChI is InChI=1S/C16H21N5O/c1-11-5-4-7-13-14(11)19-10-20-15(13)21-8-3-2-6-12(21)9-18-16(17)22/h4-5,7,10,12H,2-3,6,8-9H2,1H3,(H3,17,18,22)/t12-/m0/s1. The summed E-state index contributed by atoms with van der Waals surface area (Å²) < 4.78 is 0. The van der Waals surface area contributed by atoms with Gasteiger partial charge in [-0.15, -0.1) is 0 Å². The summed E-state index contributed by atoms with van der Waals surface area (Å²) in [5, 5.41) is 3.79. The molecule has 116 valence electrons. The summed E-state index contributed by atoms with van der Waals surface area (Å²) in [5.41, 5.74) is 7.34. The van der Waals surface area contributed by atoms with Crippen molar-refractivity contribution >= 4 is 22.8 Å². The number of carbonyl (C=O) groups is 1. The Hall–Kier alpha value is -2.37. The summed E-state index contributed by atoms with van der Waals surface area (Å²) in [7, 11) is 0. The Morgan fingerprint density at radius 3 is 3.09 bits per heavy atom. The first kappa shape index (κ1) is 14.6. The van der Waals surface area contributed by atoms with E-state index < -0.39 is 6.03 Å². The van der Waals surface area contributed by atoms with Crippen molar-refractivity contribution in [2.75, 3.05) is 18.0 Å². The summed E-state index contributed by atoms with van der Waals surface area (Å²) in [6.07, 6.45) is 4.93. The summed E-state index contributed by atoms with van der Waals surface area (Å²) in [6.45, 7) is 3.54. The highest BCUT2D eigenvalue weighted by Gasteiger charge is 2.25. The van der Waals surface area contributed by atoms with E-state index in [1.807, 2.05) is 6.07 Å². The number of fused-ring (bicyclic) bond motifs is 1. The largest absolute Gasteiger partial charge is 0.352 e. The zero-order valence-corrected chi connectivity index (χ0v) is 12.7. The molecule has 22 heavy (non-hydrogen) atoms. The Bertz CT molecular complexity index is 687. The van der Waals surface area contributed by atoms with E-state index in [-0.39, 0.29) is 6.04 Å². The maximum atomic E-state index is 11.0. The molecule has 1 fully saturated rings. The molecule has 1 aliphatic heterocycles. The number of rotatable bonds is 3. The fraction of sp³-hybridized carbons (Fsp3) is 0.438. The molecule has 0 bridgehead atoms. The molecule has 1 atom stereocenters. The van der Waals surface area contributed by atoms with Gasteiger partial charge in [0.1, 0.15) is 12.1 Å². The van der Waals surface area contributed by atoms with E-state index in [1.54, 1.807) is 6.33 Å². The van der Waals surface area contributed by atoms with E-state index in [0.29, 0.717) is 6.54 Å². The quantitative estimate of drug-likeness (QED) is 0.907. The number of nitrogens with two attached hydrogens (primary N) is 1. The Balaban J connectivity index is 1.97. The number of nitrogens with zero attached hydrogens (tertiary/aromatic N) is 3. The smallest absolute Gasteiger partial charge is 0.312 e. The highest BCUT2D eigenvalue weighted by molar-refractivity contribution is 5.91. The number of hydrogen-bond acceptors (Lipinski definition) is 4. The Morgan fingerprint density at radius 2 is 2.27 bits per heavy atom. The van der Waals surface area contributed by atoms with Crippen molar-refractivity contribution in [1.82, 2.24) is 15.3 Å². The number of aromatic nitrogens is 2. The van der Waals surface area contributed by atoms with Gasteiger partial charge in [-0.05, 0) is 37.8 Å². The molecule has 1 saturated heterocycles. The zero-order chi connectivity index (χ0) is 15.5. The van der Waals surface area contributed by atoms with Gasteiger partial charge in [0, 0.05) is 24.5 Å². The van der Waals surface area contributed by atoms with Crippen LogP contribution in [0.1, 0.15) is 24.8 Å². The monoisotopic (exact) mass is 299 g/mol. The van der Waals surface area contributed by atoms with Crippen molar-refractivity contribution in [3.05, 3.63) is 30.1 Å². The number of urea groups is 1. The minimum absolute atomic E-state index is 0.222. The number of carbonyl (C=O) groups excluding carboxylic acids is 1. The second-order valence-electron chi connectivity index (χ2n) is 5.76. The maximum Gasteiger partial charge on any atom is 0.312 e. The van der Waals surface area contributed by atoms with Crippen molar-refractivity contribution in [3.8, 4) is 0 Å². The topological polar surface area (TPSA) is 84.1 Å². The van der Waals surface area contributed by atoms with Crippen LogP contribution in [0.5, 0.6) is 0 Å². The summed E-state index contributed by atoms with van der Waals surface area (Å²) in [6, 6.07) is 5.89. The lowest BCUT2D eigenvalue weighted by molar-refractivity contribution is 0.247. The summed E-state index contributed by atoms with van der Waals surface area (Å²) in [5.74, 6) is 0.949. The molecule has 0 aliphatic carbocycles. The number of para-hydroxylation sites is 1. The van der Waals surface area contributed by atoms with Crippen LogP contribution in [-0.4, -0.2) is 35.1 Å². The number of amides is 2. The lowest BCUT2D eigenvalue weighted by Gasteiger charge is -2.37. The van der Waals surface area contributed by atoms with E-state index in [9.17, 15) is 4.79 Å². The van der Waals surface area contributed by atoms with Crippen LogP contribution in [0.2, 0.25) is 0 Å². The molecule has 0 radical (unpaired) electrons. The van der Waals surface area contributed by atoms with Crippen LogP contribution in [0.15, 0.2) is 24.5 Å². The number of anilines is 1. The molecule has 2 amide bonds. The predicted molar refractivity (Wildman–Crippen MR) is 86.8 cm³/mol. The van der Waals surface area contributed by atoms with E-state index in [0.717, 1.165) is 48.1 Å². The molecule has 1 aromatic carbocycles. The van der Waals surface area contributed by atoms with E-state index in [1.165, 1.54) is 0 Å². The third-order valence-electron chi connectivity index (χ3n) is 4.26. The van der Waals surface area contributed by atoms with Crippen LogP contribution in [0.4, 0.5) is 10.6 Å². The number of primary amides is 1. The van der Waals surface area contributed by atoms with Crippen LogP contribution < -0.4 is 16.0 Å². The Kier molecular flexibility index (Phi) is 4.09. The first-order valence-electron chi connectivity index (χ1n) is 7.67. The van der Waals surface area contributed by atoms with E-state index >= 15 is 0 Å². The van der Waals surface area contributed by atoms with E-state index in [2.05, 4.69) is 39.2 Å². The Morgan fingerprint density at radius 1 is 1.41 bits per heavy atom. The van der Waals surface area contributed by atoms with Gasteiger partial charge in [-0.1, -0.05) is 12.1 Å². The van der Waals surface area contributed by atoms with E-state index in [4.69, 9.17) is 5.73 Å². The van der Waals surface area contributed by atoms with Gasteiger partial charge in [-0.3, -0.25) is 0 Å². The van der Waals surface area contributed by atoms with Gasteiger partial charge in [0.15, 0.2) is 0 Å². The molecule has 3 N–H and O–H groups in total. The average Bonchev–Trinajstić information content (AvgIpc) is 2.53. The molecule has 0 saturated carbocycles. The van der Waals surface area contributed by atoms with Gasteiger partial charge in [0.2, 0.25) is 0 Å². The summed E-state index contributed by atoms with van der Waals surface area (Å²) in [4.78, 5) is 22.2. The van der Waals surface area contributed by atoms with Gasteiger partial charge < -0.3 is 16.0 Å². The zero-order valence-electron chi connectivity index (χ0n) is 12.7. The van der Waals surface area contributed by atoms with Crippen LogP contribution >= 0.6 is 0 Å². The van der Waals surface area contributed by atoms with Crippen molar-refractivity contribution in [3.63, 3.8) is 0 Å². The second-order valence-corrected chi connectivity index (χ2v) is 5.76. The normalized spacial score (nSPS) is 18.4. The molecular weight excluding hydrogens is 278 g/mol. The van der Waals surface area contributed by atoms with Gasteiger partial charge in [-0.25, -0.2) is 14.8 Å². The SMILES string of the molecule is Cc1cccc2c(N3CCCC[C@H]3CNC(N)=O)ncnc12. The third-order valence-corrected chi connectivity index (χ3v) is 4.26. The van der Waals surface area contributed by atoms with Gasteiger partial charge >= 0.3 is 6.03 Å². The third kappa shape index (κ3) is 2.81. The number of benzene rings is 1. The lowest BCUT2D eigenvalue weighted by atomic mass is 10.0. The van der Waals surface area contributed by atoms with Crippen molar-refractivity contribution in [1.29, 1.82) is 0 Å². The minimum Gasteiger partial charge on any atom is -0.352 e. The van der Waals surface area contributed by atoms with Crippen molar-refractivity contribution < 1.29 is 4.79 Å². The molecule has 2 aromatic rings. The van der Waals surface area contributed by atoms with Crippen LogP contribution in [0.3, 0.4) is 0 Å². The number of piperidine rings is 1. The first-order valence-corrected chi connectivity index (χ1v) is 7.67. The highest BCUT2D eigenvalue weighted by Crippen LogP contribution is 2.29. The van der Waals surface area contributed by atoms with Crippen LogP contribution in [0, 0.1) is 6.92 Å². The van der Waals surface area contributed by atoms with Gasteiger partial charge in [0.05, 0.1) is 5.52 Å². The number of nitrogens with one attached hydrogen (secondary N) is 1. The number of aryl methyl sites for hydroxylation is 1. The molecule has 2 heterocycles. The molecule has 0 unspecified atom stereocenters. The molecule has 1 aromatic heterocycles. The average molecular weight is 299 g/mol. The molecule has 3 rings (SSSR count). The minimum atomic E-state index is -0.478. The van der Waals surface area contributed by atoms with Crippen molar-refractivity contribution in [2.45, 2.75) is 32.2 Å². The lowest BCUT2D eigenvalue weighted by Crippen LogP contribution is -2.48. The Labute approximate surface area is 129 Å². The molecule has 6 nitrogen and oxygen atoms in total. The van der Waals surface area contributed by atoms with Crippen molar-refractivity contribution in [2.24, 2.45) is 5.73 Å². The van der Waals surface area contributed by atoms with Crippen LogP contribution in [-0.2, 0) is 0 Å². The summed E-state index contributed by atoms with van der Waals surface area (Å²) >= 11 is 0.